The first-order chi connectivity index (χ1) is 6.89. The quantitative estimate of drug-likeness (QED) is 0.699. The monoisotopic (exact) mass is 226 g/mol. The lowest BCUT2D eigenvalue weighted by Gasteiger charge is -2.33. The summed E-state index contributed by atoms with van der Waals surface area (Å²) in [5.41, 5.74) is 5.01. The Morgan fingerprint density at radius 2 is 1.80 bits per heavy atom. The number of hydrogen-bond donors (Lipinski definition) is 2. The summed E-state index contributed by atoms with van der Waals surface area (Å²) in [6, 6.07) is 0. The number of alkyl halides is 3. The normalized spacial score (nSPS) is 16.4. The summed E-state index contributed by atoms with van der Waals surface area (Å²) in [4.78, 5) is 0. The van der Waals surface area contributed by atoms with Crippen molar-refractivity contribution in [3.05, 3.63) is 0 Å². The molecule has 1 atom stereocenters. The van der Waals surface area contributed by atoms with Crippen LogP contribution in [0.3, 0.4) is 0 Å². The van der Waals surface area contributed by atoms with Crippen molar-refractivity contribution in [3.8, 4) is 0 Å². The molecule has 0 amide bonds. The molecular weight excluding hydrogens is 205 g/mol. The second-order valence-corrected chi connectivity index (χ2v) is 3.91. The Kier molecular flexibility index (Phi) is 6.20. The number of nitrogens with one attached hydrogen (secondary N) is 1. The first kappa shape index (κ1) is 14.7. The molecule has 0 radical (unpaired) electrons. The first-order valence-corrected chi connectivity index (χ1v) is 5.41. The van der Waals surface area contributed by atoms with Gasteiger partial charge in [-0.1, -0.05) is 26.7 Å². The van der Waals surface area contributed by atoms with Crippen LogP contribution in [0.5, 0.6) is 0 Å². The van der Waals surface area contributed by atoms with Gasteiger partial charge in [0.05, 0.1) is 6.54 Å². The predicted octanol–water partition coefficient (Wildman–Crippen LogP) is 2.44. The lowest BCUT2D eigenvalue weighted by molar-refractivity contribution is -0.129. The summed E-state index contributed by atoms with van der Waals surface area (Å²) < 4.78 is 36.2. The third kappa shape index (κ3) is 5.99. The Hall–Kier alpha value is -0.290. The maximum Gasteiger partial charge on any atom is 0.401 e. The Bertz CT molecular complexity index is 165. The van der Waals surface area contributed by atoms with Crippen molar-refractivity contribution in [1.29, 1.82) is 0 Å². The molecule has 0 saturated carbocycles. The number of unbranched alkanes of at least 4 members (excludes halogenated alkanes) is 1. The van der Waals surface area contributed by atoms with Gasteiger partial charge in [0.15, 0.2) is 0 Å². The molecule has 0 aliphatic heterocycles. The van der Waals surface area contributed by atoms with Gasteiger partial charge in [0, 0.05) is 12.1 Å². The van der Waals surface area contributed by atoms with Gasteiger partial charge in [-0.15, -0.1) is 0 Å². The number of rotatable bonds is 7. The van der Waals surface area contributed by atoms with E-state index in [4.69, 9.17) is 5.73 Å². The zero-order valence-corrected chi connectivity index (χ0v) is 9.45. The summed E-state index contributed by atoms with van der Waals surface area (Å²) in [5.74, 6) is 0. The molecule has 0 aromatic heterocycles. The topological polar surface area (TPSA) is 38.0 Å². The molecule has 15 heavy (non-hydrogen) atoms. The molecule has 0 aliphatic rings. The van der Waals surface area contributed by atoms with Crippen molar-refractivity contribution >= 4 is 0 Å². The molecule has 1 unspecified atom stereocenters. The van der Waals surface area contributed by atoms with Crippen LogP contribution in [-0.4, -0.2) is 24.8 Å². The van der Waals surface area contributed by atoms with Gasteiger partial charge in [-0.05, 0) is 12.8 Å². The largest absolute Gasteiger partial charge is 0.401 e. The van der Waals surface area contributed by atoms with E-state index in [1.165, 1.54) is 0 Å². The van der Waals surface area contributed by atoms with Gasteiger partial charge < -0.3 is 11.1 Å². The summed E-state index contributed by atoms with van der Waals surface area (Å²) in [6.45, 7) is 3.17. The molecule has 3 N–H and O–H groups in total. The first-order valence-electron chi connectivity index (χ1n) is 5.41. The van der Waals surface area contributed by atoms with E-state index in [0.29, 0.717) is 12.8 Å². The molecule has 0 aliphatic carbocycles. The molecule has 92 valence electrons. The van der Waals surface area contributed by atoms with Gasteiger partial charge in [0.25, 0.3) is 0 Å². The maximum atomic E-state index is 12.1. The molecule has 0 aromatic rings. The highest BCUT2D eigenvalue weighted by atomic mass is 19.4. The Balaban J connectivity index is 4.23. The van der Waals surface area contributed by atoms with Crippen molar-refractivity contribution in [2.45, 2.75) is 51.2 Å². The summed E-state index contributed by atoms with van der Waals surface area (Å²) in [6.07, 6.45) is -0.973. The Morgan fingerprint density at radius 1 is 1.20 bits per heavy atom. The van der Waals surface area contributed by atoms with Crippen LogP contribution in [0.4, 0.5) is 13.2 Å². The van der Waals surface area contributed by atoms with Crippen LogP contribution in [0, 0.1) is 0 Å². The zero-order chi connectivity index (χ0) is 11.9. The van der Waals surface area contributed by atoms with Gasteiger partial charge >= 0.3 is 6.18 Å². The molecule has 0 heterocycles. The fourth-order valence-electron chi connectivity index (χ4n) is 1.51. The Morgan fingerprint density at radius 3 is 2.13 bits per heavy atom. The standard InChI is InChI=1S/C10H21F3N2/c1-3-5-6-9(4-2,7-14)15-8-10(11,12)13/h15H,3-8,14H2,1-2H3. The van der Waals surface area contributed by atoms with E-state index in [1.54, 1.807) is 0 Å². The second kappa shape index (κ2) is 6.33. The molecule has 2 nitrogen and oxygen atoms in total. The van der Waals surface area contributed by atoms with Crippen LogP contribution in [0.25, 0.3) is 0 Å². The second-order valence-electron chi connectivity index (χ2n) is 3.91. The Labute approximate surface area is 89.4 Å². The van der Waals surface area contributed by atoms with Crippen molar-refractivity contribution in [2.24, 2.45) is 5.73 Å². The highest BCUT2D eigenvalue weighted by molar-refractivity contribution is 4.88. The van der Waals surface area contributed by atoms with E-state index in [9.17, 15) is 13.2 Å². The minimum atomic E-state index is -4.16. The molecule has 5 heteroatoms. The SMILES string of the molecule is CCCCC(CC)(CN)NCC(F)(F)F. The molecule has 0 fully saturated rings. The van der Waals surface area contributed by atoms with Crippen molar-refractivity contribution < 1.29 is 13.2 Å². The average molecular weight is 226 g/mol. The highest BCUT2D eigenvalue weighted by Gasteiger charge is 2.33. The van der Waals surface area contributed by atoms with Crippen LogP contribution in [0.1, 0.15) is 39.5 Å². The van der Waals surface area contributed by atoms with Crippen LogP contribution in [-0.2, 0) is 0 Å². The molecule has 0 aromatic carbocycles. The molecule has 0 rings (SSSR count). The summed E-state index contributed by atoms with van der Waals surface area (Å²) >= 11 is 0. The van der Waals surface area contributed by atoms with E-state index < -0.39 is 18.3 Å². The predicted molar refractivity (Wildman–Crippen MR) is 55.7 cm³/mol. The number of nitrogens with two attached hydrogens (primary N) is 1. The molecular formula is C10H21F3N2. The van der Waals surface area contributed by atoms with Crippen LogP contribution < -0.4 is 11.1 Å². The maximum absolute atomic E-state index is 12.1. The number of hydrogen-bond acceptors (Lipinski definition) is 2. The van der Waals surface area contributed by atoms with Gasteiger partial charge in [0.2, 0.25) is 0 Å². The lowest BCUT2D eigenvalue weighted by Crippen LogP contribution is -2.53. The van der Waals surface area contributed by atoms with Gasteiger partial charge in [-0.2, -0.15) is 13.2 Å². The highest BCUT2D eigenvalue weighted by Crippen LogP contribution is 2.20. The van der Waals surface area contributed by atoms with E-state index in [0.717, 1.165) is 12.8 Å². The van der Waals surface area contributed by atoms with Crippen LogP contribution >= 0.6 is 0 Å². The fourth-order valence-corrected chi connectivity index (χ4v) is 1.51. The third-order valence-electron chi connectivity index (χ3n) is 2.74. The fraction of sp³-hybridized carbons (Fsp3) is 1.00. The minimum Gasteiger partial charge on any atom is -0.329 e. The smallest absolute Gasteiger partial charge is 0.329 e. The molecule has 0 spiro atoms. The van der Waals surface area contributed by atoms with Crippen LogP contribution in [0.2, 0.25) is 0 Å². The lowest BCUT2D eigenvalue weighted by atomic mass is 9.90. The van der Waals surface area contributed by atoms with Crippen molar-refractivity contribution in [3.63, 3.8) is 0 Å². The number of halogens is 3. The average Bonchev–Trinajstić information content (AvgIpc) is 2.18. The summed E-state index contributed by atoms with van der Waals surface area (Å²) in [5, 5.41) is 2.56. The van der Waals surface area contributed by atoms with E-state index >= 15 is 0 Å². The van der Waals surface area contributed by atoms with Crippen LogP contribution in [0.15, 0.2) is 0 Å². The molecule has 0 saturated heterocycles. The van der Waals surface area contributed by atoms with E-state index in [-0.39, 0.29) is 6.54 Å². The van der Waals surface area contributed by atoms with Gasteiger partial charge in [0.1, 0.15) is 0 Å². The minimum absolute atomic E-state index is 0.250. The summed E-state index contributed by atoms with van der Waals surface area (Å²) in [7, 11) is 0. The van der Waals surface area contributed by atoms with E-state index in [1.807, 2.05) is 13.8 Å². The zero-order valence-electron chi connectivity index (χ0n) is 9.45. The van der Waals surface area contributed by atoms with Gasteiger partial charge in [-0.3, -0.25) is 0 Å². The van der Waals surface area contributed by atoms with E-state index in [2.05, 4.69) is 5.32 Å². The van der Waals surface area contributed by atoms with Crippen molar-refractivity contribution in [1.82, 2.24) is 5.32 Å². The van der Waals surface area contributed by atoms with Crippen molar-refractivity contribution in [2.75, 3.05) is 13.1 Å². The van der Waals surface area contributed by atoms with Gasteiger partial charge in [-0.25, -0.2) is 0 Å². The third-order valence-corrected chi connectivity index (χ3v) is 2.74. The molecule has 0 bridgehead atoms.